The zero-order valence-corrected chi connectivity index (χ0v) is 13.6. The van der Waals surface area contributed by atoms with E-state index in [0.717, 1.165) is 25.0 Å². The lowest BCUT2D eigenvalue weighted by Gasteiger charge is -2.26. The molecule has 4 nitrogen and oxygen atoms in total. The lowest BCUT2D eigenvalue weighted by molar-refractivity contribution is 0.433. The number of aromatic nitrogens is 1. The van der Waals surface area contributed by atoms with E-state index >= 15 is 0 Å². The third kappa shape index (κ3) is 4.20. The fourth-order valence-corrected chi connectivity index (χ4v) is 3.75. The van der Waals surface area contributed by atoms with E-state index < -0.39 is 0 Å². The highest BCUT2D eigenvalue weighted by atomic mass is 32.2. The van der Waals surface area contributed by atoms with Gasteiger partial charge in [-0.05, 0) is 42.4 Å². The van der Waals surface area contributed by atoms with Crippen molar-refractivity contribution in [3.8, 4) is 0 Å². The van der Waals surface area contributed by atoms with Crippen molar-refractivity contribution < 1.29 is 0 Å². The molecule has 2 heterocycles. The minimum absolute atomic E-state index is 0.802. The second-order valence-electron chi connectivity index (χ2n) is 5.45. The molecule has 20 heavy (non-hydrogen) atoms. The number of guanidine groups is 1. The molecule has 0 unspecified atom stereocenters. The van der Waals surface area contributed by atoms with E-state index in [-0.39, 0.29) is 0 Å². The van der Waals surface area contributed by atoms with Crippen molar-refractivity contribution in [2.75, 3.05) is 32.1 Å². The Labute approximate surface area is 126 Å². The minimum Gasteiger partial charge on any atom is -0.356 e. The molecular formula is C15H26N4S. The van der Waals surface area contributed by atoms with Crippen LogP contribution in [0.15, 0.2) is 23.3 Å². The molecule has 1 fully saturated rings. The second-order valence-corrected chi connectivity index (χ2v) is 6.68. The molecule has 1 aromatic heterocycles. The maximum Gasteiger partial charge on any atom is 0.193 e. The smallest absolute Gasteiger partial charge is 0.193 e. The molecule has 0 saturated carbocycles. The van der Waals surface area contributed by atoms with Gasteiger partial charge in [0.1, 0.15) is 0 Å². The molecule has 0 aliphatic carbocycles. The van der Waals surface area contributed by atoms with Gasteiger partial charge >= 0.3 is 0 Å². The summed E-state index contributed by atoms with van der Waals surface area (Å²) in [6.45, 7) is 1.93. The first-order valence-corrected chi connectivity index (χ1v) is 8.46. The number of nitrogens with one attached hydrogen (secondary N) is 1. The second kappa shape index (κ2) is 7.62. The third-order valence-electron chi connectivity index (χ3n) is 3.91. The van der Waals surface area contributed by atoms with Crippen LogP contribution in [0.5, 0.6) is 0 Å². The molecule has 1 aliphatic heterocycles. The van der Waals surface area contributed by atoms with E-state index in [9.17, 15) is 0 Å². The number of hydrogen-bond donors (Lipinski definition) is 1. The van der Waals surface area contributed by atoms with E-state index in [1.165, 1.54) is 30.0 Å². The van der Waals surface area contributed by atoms with Gasteiger partial charge in [0.15, 0.2) is 5.96 Å². The van der Waals surface area contributed by atoms with Gasteiger partial charge in [0.05, 0.1) is 6.54 Å². The lowest BCUT2D eigenvalue weighted by Crippen LogP contribution is -2.41. The summed E-state index contributed by atoms with van der Waals surface area (Å²) in [7, 11) is 6.04. The van der Waals surface area contributed by atoms with Gasteiger partial charge in [-0.15, -0.1) is 0 Å². The molecule has 5 heteroatoms. The fourth-order valence-electron chi connectivity index (χ4n) is 2.55. The molecule has 1 saturated heterocycles. The Bertz CT molecular complexity index is 435. The summed E-state index contributed by atoms with van der Waals surface area (Å²) in [5, 5.41) is 3.53. The number of aryl methyl sites for hydroxylation is 1. The number of nitrogens with zero attached hydrogens (tertiary/aromatic N) is 3. The zero-order chi connectivity index (χ0) is 14.4. The van der Waals surface area contributed by atoms with Crippen molar-refractivity contribution in [1.29, 1.82) is 0 Å². The molecular weight excluding hydrogens is 268 g/mol. The van der Waals surface area contributed by atoms with E-state index in [1.54, 1.807) is 0 Å². The van der Waals surface area contributed by atoms with Gasteiger partial charge < -0.3 is 14.8 Å². The van der Waals surface area contributed by atoms with Crippen LogP contribution in [-0.2, 0) is 13.6 Å². The molecule has 112 valence electrons. The molecule has 0 radical (unpaired) electrons. The number of thioether (sulfide) groups is 1. The Morgan fingerprint density at radius 1 is 1.50 bits per heavy atom. The molecule has 1 aliphatic rings. The largest absolute Gasteiger partial charge is 0.356 e. The van der Waals surface area contributed by atoms with Crippen LogP contribution in [0.4, 0.5) is 0 Å². The average molecular weight is 294 g/mol. The highest BCUT2D eigenvalue weighted by Gasteiger charge is 2.15. The maximum absolute atomic E-state index is 4.40. The molecule has 0 atom stereocenters. The van der Waals surface area contributed by atoms with Gasteiger partial charge in [-0.2, -0.15) is 11.8 Å². The van der Waals surface area contributed by atoms with Gasteiger partial charge in [0.2, 0.25) is 0 Å². The van der Waals surface area contributed by atoms with E-state index in [2.05, 4.69) is 64.0 Å². The Hall–Kier alpha value is -1.10. The normalized spacial score (nSPS) is 17.2. The summed E-state index contributed by atoms with van der Waals surface area (Å²) >= 11 is 2.08. The van der Waals surface area contributed by atoms with Gasteiger partial charge in [-0.3, -0.25) is 4.99 Å². The summed E-state index contributed by atoms with van der Waals surface area (Å²) in [6, 6.07) is 4.24. The van der Waals surface area contributed by atoms with Crippen molar-refractivity contribution in [2.45, 2.75) is 19.4 Å². The quantitative estimate of drug-likeness (QED) is 0.682. The van der Waals surface area contributed by atoms with Crippen LogP contribution in [-0.4, -0.2) is 47.6 Å². The van der Waals surface area contributed by atoms with Crippen LogP contribution in [0.3, 0.4) is 0 Å². The molecule has 1 aromatic rings. The van der Waals surface area contributed by atoms with Crippen LogP contribution in [0.2, 0.25) is 0 Å². The molecule has 1 N–H and O–H groups in total. The van der Waals surface area contributed by atoms with Crippen LogP contribution in [0.1, 0.15) is 18.5 Å². The summed E-state index contributed by atoms with van der Waals surface area (Å²) < 4.78 is 2.15. The van der Waals surface area contributed by atoms with Crippen molar-refractivity contribution in [3.63, 3.8) is 0 Å². The average Bonchev–Trinajstić information content (AvgIpc) is 2.86. The van der Waals surface area contributed by atoms with E-state index in [4.69, 9.17) is 0 Å². The summed E-state index contributed by atoms with van der Waals surface area (Å²) in [5.74, 6) is 4.41. The third-order valence-corrected chi connectivity index (χ3v) is 4.96. The van der Waals surface area contributed by atoms with Crippen molar-refractivity contribution in [1.82, 2.24) is 14.8 Å². The van der Waals surface area contributed by atoms with Crippen LogP contribution in [0.25, 0.3) is 0 Å². The highest BCUT2D eigenvalue weighted by molar-refractivity contribution is 7.99. The SMILES string of the molecule is CN=C(NCC1CCSCC1)N(C)Cc1cccn1C. The standard InChI is InChI=1S/C15H26N4S/c1-16-15(17-11-13-6-9-20-10-7-13)19(3)12-14-5-4-8-18(14)2/h4-5,8,13H,6-7,9-12H2,1-3H3,(H,16,17). The topological polar surface area (TPSA) is 32.6 Å². The Kier molecular flexibility index (Phi) is 5.83. The first kappa shape index (κ1) is 15.3. The predicted octanol–water partition coefficient (Wildman–Crippen LogP) is 2.18. The maximum atomic E-state index is 4.40. The number of hydrogen-bond acceptors (Lipinski definition) is 2. The first-order valence-electron chi connectivity index (χ1n) is 7.30. The minimum atomic E-state index is 0.802. The molecule has 0 aromatic carbocycles. The highest BCUT2D eigenvalue weighted by Crippen LogP contribution is 2.21. The molecule has 0 spiro atoms. The zero-order valence-electron chi connectivity index (χ0n) is 12.8. The van der Waals surface area contributed by atoms with Crippen LogP contribution in [0, 0.1) is 5.92 Å². The Balaban J connectivity index is 1.83. The monoisotopic (exact) mass is 294 g/mol. The Morgan fingerprint density at radius 3 is 2.85 bits per heavy atom. The van der Waals surface area contributed by atoms with Crippen molar-refractivity contribution in [3.05, 3.63) is 24.0 Å². The number of rotatable bonds is 4. The molecule has 2 rings (SSSR count). The Morgan fingerprint density at radius 2 is 2.25 bits per heavy atom. The summed E-state index contributed by atoms with van der Waals surface area (Å²) in [6.07, 6.45) is 4.74. The summed E-state index contributed by atoms with van der Waals surface area (Å²) in [4.78, 5) is 6.59. The van der Waals surface area contributed by atoms with Gasteiger partial charge in [-0.1, -0.05) is 0 Å². The lowest BCUT2D eigenvalue weighted by atomic mass is 10.0. The van der Waals surface area contributed by atoms with Crippen molar-refractivity contribution >= 4 is 17.7 Å². The van der Waals surface area contributed by atoms with Crippen LogP contribution >= 0.6 is 11.8 Å². The van der Waals surface area contributed by atoms with E-state index in [1.807, 2.05) is 7.05 Å². The van der Waals surface area contributed by atoms with Gasteiger partial charge in [-0.25, -0.2) is 0 Å². The van der Waals surface area contributed by atoms with Crippen LogP contribution < -0.4 is 5.32 Å². The summed E-state index contributed by atoms with van der Waals surface area (Å²) in [5.41, 5.74) is 1.30. The van der Waals surface area contributed by atoms with Crippen molar-refractivity contribution in [2.24, 2.45) is 18.0 Å². The first-order chi connectivity index (χ1) is 9.70. The molecule has 0 bridgehead atoms. The fraction of sp³-hybridized carbons (Fsp3) is 0.667. The van der Waals surface area contributed by atoms with Gasteiger partial charge in [0, 0.05) is 39.6 Å². The van der Waals surface area contributed by atoms with Gasteiger partial charge in [0.25, 0.3) is 0 Å². The number of aliphatic imine (C=N–C) groups is 1. The van der Waals surface area contributed by atoms with E-state index in [0.29, 0.717) is 0 Å². The molecule has 0 amide bonds. The predicted molar refractivity (Wildman–Crippen MR) is 88.3 cm³/mol.